The van der Waals surface area contributed by atoms with E-state index in [0.717, 1.165) is 16.7 Å². The lowest BCUT2D eigenvalue weighted by atomic mass is 9.33. The van der Waals surface area contributed by atoms with Gasteiger partial charge in [-0.2, -0.15) is 0 Å². The van der Waals surface area contributed by atoms with Gasteiger partial charge in [0.2, 0.25) is 0 Å². The van der Waals surface area contributed by atoms with Gasteiger partial charge in [-0.1, -0.05) is 265 Å². The Hall–Kier alpha value is -12.1. The zero-order chi connectivity index (χ0) is 88.8. The van der Waals surface area contributed by atoms with Crippen LogP contribution in [-0.4, -0.2) is 15.8 Å². The van der Waals surface area contributed by atoms with Gasteiger partial charge in [-0.3, -0.25) is 0 Å². The predicted octanol–water partition coefficient (Wildman–Crippen LogP) is 23.4. The topological polar surface area (TPSA) is 42.6 Å². The Morgan fingerprint density at radius 1 is 0.283 bits per heavy atom. The number of furan rings is 2. The monoisotopic (exact) mass is 1300 g/mol. The maximum absolute atomic E-state index is 9.57. The number of anilines is 6. The van der Waals surface area contributed by atoms with Gasteiger partial charge in [0, 0.05) is 65.8 Å². The maximum atomic E-state index is 9.57. The SMILES string of the molecule is [2H]c1c([2H])c([2H])c(-c2ccc3c(c2)N(c2cccc4c2oc2c(-n5c6c([2H])c([2H])c([2H])c([2H])c6c6c([2H])c([2H])c([2H])c([2H])c65)cccc24)c2cc(-c4cc(C(C)(C)C)cc(C(C)(C)C)c4)cc4c2B3c2ccc(-c3c([2H])c([2H])c([2H])c([2H])c3[2H])cc2N4c2cccc3c2oc2c(-n4c5c([2H])c([2H])c([2H])c([2H])c5c5c([2H])c([2H])c([2H])c([2H])c54)cccc23)c([2H])c1[2H]. The fraction of sp³-hybridized carbons (Fsp3) is 0.0870. The summed E-state index contributed by atoms with van der Waals surface area (Å²) in [6.07, 6.45) is 0. The van der Waals surface area contributed by atoms with Gasteiger partial charge in [0.15, 0.2) is 22.3 Å². The number of nitrogens with zero attached hydrogens (tertiary/aromatic N) is 4. The summed E-state index contributed by atoms with van der Waals surface area (Å²) in [5.74, 6) is 0. The van der Waals surface area contributed by atoms with Gasteiger partial charge in [-0.15, -0.1) is 0 Å². The molecule has 0 saturated carbocycles. The summed E-state index contributed by atoms with van der Waals surface area (Å²) in [5, 5.41) is 1.25. The number of fused-ring (bicyclic) bond motifs is 16. The first-order valence-electron chi connectivity index (χ1n) is 45.5. The second kappa shape index (κ2) is 21.2. The van der Waals surface area contributed by atoms with Crippen molar-refractivity contribution in [2.75, 3.05) is 9.80 Å². The quantitative estimate of drug-likeness (QED) is 0.149. The number of hydrogen-bond acceptors (Lipinski definition) is 4. The smallest absolute Gasteiger partial charge is 0.252 e. The summed E-state index contributed by atoms with van der Waals surface area (Å²) < 4.78 is 257. The predicted molar refractivity (Wildman–Crippen MR) is 417 cm³/mol. The van der Waals surface area contributed by atoms with Gasteiger partial charge in [0.25, 0.3) is 6.71 Å². The average molecular weight is 1300 g/mol. The summed E-state index contributed by atoms with van der Waals surface area (Å²) in [6.45, 7) is 11.8. The van der Waals surface area contributed by atoms with Crippen molar-refractivity contribution in [1.82, 2.24) is 9.13 Å². The highest BCUT2D eigenvalue weighted by atomic mass is 16.3. The van der Waals surface area contributed by atoms with Gasteiger partial charge in [-0.05, 0) is 144 Å². The third kappa shape index (κ3) is 8.56. The first-order chi connectivity index (χ1) is 59.2. The first-order valence-corrected chi connectivity index (χ1v) is 32.5. The molecular weight excluding hydrogens is 1200 g/mol. The second-order valence-electron chi connectivity index (χ2n) is 27.3. The van der Waals surface area contributed by atoms with Crippen molar-refractivity contribution in [3.05, 3.63) is 308 Å². The average Bonchev–Trinajstić information content (AvgIpc) is 1.59. The molecule has 18 aromatic rings. The van der Waals surface area contributed by atoms with Gasteiger partial charge in [-0.25, -0.2) is 0 Å². The zero-order valence-electron chi connectivity index (χ0n) is 80.0. The molecule has 6 nitrogen and oxygen atoms in total. The molecule has 20 rings (SSSR count). The zero-order valence-corrected chi connectivity index (χ0v) is 54.0. The largest absolute Gasteiger partial charge is 0.452 e. The Bertz CT molecular complexity index is 7400. The fourth-order valence-corrected chi connectivity index (χ4v) is 15.0. The van der Waals surface area contributed by atoms with Crippen LogP contribution in [0.2, 0.25) is 0 Å². The lowest BCUT2D eigenvalue weighted by Gasteiger charge is -2.44. The van der Waals surface area contributed by atoms with E-state index in [1.165, 1.54) is 9.13 Å². The van der Waals surface area contributed by atoms with E-state index in [4.69, 9.17) is 28.0 Å². The summed E-state index contributed by atoms with van der Waals surface area (Å²) in [6, 6.07) is 27.4. The molecule has 470 valence electrons. The minimum absolute atomic E-state index is 0.116. The molecule has 2 aliphatic heterocycles. The van der Waals surface area contributed by atoms with Crippen LogP contribution in [0.4, 0.5) is 34.1 Å². The van der Waals surface area contributed by atoms with Crippen molar-refractivity contribution >= 4 is 145 Å². The molecule has 14 aromatic carbocycles. The highest BCUT2D eigenvalue weighted by molar-refractivity contribution is 7.00. The third-order valence-electron chi connectivity index (χ3n) is 19.6. The third-order valence-corrected chi connectivity index (χ3v) is 19.6. The van der Waals surface area contributed by atoms with Crippen LogP contribution in [0, 0.1) is 0 Å². The van der Waals surface area contributed by atoms with Crippen LogP contribution in [-0.2, 0) is 10.8 Å². The van der Waals surface area contributed by atoms with E-state index in [-0.39, 0.29) is 99.6 Å². The normalized spacial score (nSPS) is 16.8. The lowest BCUT2D eigenvalue weighted by molar-refractivity contribution is 0.569. The van der Waals surface area contributed by atoms with Gasteiger partial charge in [0.1, 0.15) is 0 Å². The molecule has 99 heavy (non-hydrogen) atoms. The number of aromatic nitrogens is 2. The molecular formula is C92H67BN4O2. The first kappa shape index (κ1) is 36.9. The van der Waals surface area contributed by atoms with Crippen LogP contribution in [0.5, 0.6) is 0 Å². The fourth-order valence-electron chi connectivity index (χ4n) is 15.0. The van der Waals surface area contributed by atoms with Crippen LogP contribution in [0.15, 0.2) is 305 Å². The molecule has 0 atom stereocenters. The molecule has 6 heterocycles. The Balaban J connectivity index is 0.949. The van der Waals surface area contributed by atoms with E-state index < -0.39 is 175 Å². The molecule has 0 radical (unpaired) electrons. The van der Waals surface area contributed by atoms with Gasteiger partial charge in [0.05, 0.1) is 80.5 Å². The second-order valence-corrected chi connectivity index (χ2v) is 27.3. The Labute approximate surface area is 611 Å². The van der Waals surface area contributed by atoms with Crippen molar-refractivity contribution in [2.45, 2.75) is 52.4 Å². The van der Waals surface area contributed by atoms with Gasteiger partial charge >= 0.3 is 0 Å². The molecule has 4 aromatic heterocycles. The minimum Gasteiger partial charge on any atom is -0.452 e. The molecule has 0 unspecified atom stereocenters. The lowest BCUT2D eigenvalue weighted by Crippen LogP contribution is -2.61. The highest BCUT2D eigenvalue weighted by Crippen LogP contribution is 2.53. The molecule has 7 heteroatoms. The molecule has 0 amide bonds. The van der Waals surface area contributed by atoms with Crippen LogP contribution in [0.25, 0.3) is 132 Å². The standard InChI is InChI=1S/C92H67BN4O2/c1-91(2,3)62-49-60(50-63(55-62)92(4,5)6)61-53-84-86-85(54-61)97(81-44-24-36-71-69-34-22-42-79(88(69)99-90(71)81)95-76-39-19-15-31-66(76)67-32-16-20-40-77(67)95)83-52-59(57-27-11-8-12-28-57)46-48-73(83)93(86)72-47-45-58(56-25-9-7-10-26-56)51-82(72)96(84)80-43-23-35-70-68-33-21-41-78(87(68)98-89(70)80)94-74-37-17-13-29-64(74)65-30-14-18-38-75(65)94/h7-55H,1-6H3/i7D,8D,9D,10D,11D,12D,13D,14D,15D,16D,17D,18D,19D,20D,25D,26D,27D,28D,29D,30D,31D,32D,37D,38D,39D,40D. The number of rotatable bonds is 7. The van der Waals surface area contributed by atoms with Crippen molar-refractivity contribution in [2.24, 2.45) is 0 Å². The number of benzene rings is 14. The highest BCUT2D eigenvalue weighted by Gasteiger charge is 2.45. The van der Waals surface area contributed by atoms with E-state index >= 15 is 0 Å². The number of hydrogen-bond donors (Lipinski definition) is 0. The van der Waals surface area contributed by atoms with Crippen LogP contribution in [0.3, 0.4) is 0 Å². The Kier molecular flexibility index (Phi) is 7.91. The molecule has 0 saturated heterocycles. The van der Waals surface area contributed by atoms with Crippen LogP contribution < -0.4 is 26.2 Å². The summed E-state index contributed by atoms with van der Waals surface area (Å²) in [4.78, 5) is 3.97. The van der Waals surface area contributed by atoms with Crippen molar-refractivity contribution in [3.8, 4) is 44.8 Å². The number of para-hydroxylation sites is 8. The minimum atomic E-state index is -0.909. The molecule has 0 bridgehead atoms. The van der Waals surface area contributed by atoms with Crippen molar-refractivity contribution in [1.29, 1.82) is 0 Å². The van der Waals surface area contributed by atoms with Crippen LogP contribution in [0.1, 0.15) is 88.3 Å². The van der Waals surface area contributed by atoms with E-state index in [0.29, 0.717) is 77.6 Å². The molecule has 0 N–H and O–H groups in total. The van der Waals surface area contributed by atoms with Crippen molar-refractivity contribution < 1.29 is 44.5 Å². The van der Waals surface area contributed by atoms with E-state index in [9.17, 15) is 16.4 Å². The summed E-state index contributed by atoms with van der Waals surface area (Å²) >= 11 is 0. The van der Waals surface area contributed by atoms with E-state index in [1.54, 1.807) is 60.7 Å². The van der Waals surface area contributed by atoms with E-state index in [2.05, 4.69) is 71.9 Å². The Morgan fingerprint density at radius 3 is 0.980 bits per heavy atom. The molecule has 0 fully saturated rings. The van der Waals surface area contributed by atoms with Crippen molar-refractivity contribution in [3.63, 3.8) is 0 Å². The van der Waals surface area contributed by atoms with Crippen LogP contribution >= 0.6 is 0 Å². The van der Waals surface area contributed by atoms with Gasteiger partial charge < -0.3 is 27.8 Å². The van der Waals surface area contributed by atoms with E-state index in [1.807, 2.05) is 58.3 Å². The summed E-state index contributed by atoms with van der Waals surface area (Å²) in [7, 11) is 0. The maximum Gasteiger partial charge on any atom is 0.252 e. The molecule has 0 spiro atoms. The molecule has 2 aliphatic rings. The summed E-state index contributed by atoms with van der Waals surface area (Å²) in [5.41, 5.74) is 6.88. The molecule has 0 aliphatic carbocycles. The Morgan fingerprint density at radius 2 is 0.606 bits per heavy atom.